The van der Waals surface area contributed by atoms with Gasteiger partial charge >= 0.3 is 5.97 Å². The van der Waals surface area contributed by atoms with Crippen LogP contribution in [0.25, 0.3) is 11.0 Å². The van der Waals surface area contributed by atoms with Crippen molar-refractivity contribution >= 4 is 28.7 Å². The van der Waals surface area contributed by atoms with Gasteiger partial charge in [0.25, 0.3) is 0 Å². The molecule has 0 aliphatic carbocycles. The molecule has 0 saturated heterocycles. The summed E-state index contributed by atoms with van der Waals surface area (Å²) in [5.41, 5.74) is 3.89. The number of carbonyl (C=O) groups is 1. The number of aliphatic hydroxyl groups excluding tert-OH is 1. The molecule has 164 valence electrons. The van der Waals surface area contributed by atoms with Gasteiger partial charge in [-0.15, -0.1) is 11.8 Å². The average Bonchev–Trinajstić information content (AvgIpc) is 3.20. The van der Waals surface area contributed by atoms with Gasteiger partial charge in [0.2, 0.25) is 0 Å². The van der Waals surface area contributed by atoms with Gasteiger partial charge in [-0.25, -0.2) is 4.79 Å². The van der Waals surface area contributed by atoms with E-state index in [1.807, 2.05) is 36.0 Å². The summed E-state index contributed by atoms with van der Waals surface area (Å²) >= 11 is 1.84. The zero-order chi connectivity index (χ0) is 22.3. The van der Waals surface area contributed by atoms with Crippen LogP contribution in [0.1, 0.15) is 27.7 Å². The first-order chi connectivity index (χ1) is 15.7. The van der Waals surface area contributed by atoms with Crippen LogP contribution in [0.4, 0.5) is 0 Å². The minimum Gasteiger partial charge on any atom is -0.479 e. The summed E-state index contributed by atoms with van der Waals surface area (Å²) in [6.45, 7) is -0.677. The molecule has 4 rings (SSSR count). The second-order valence-corrected chi connectivity index (χ2v) is 8.51. The number of aliphatic carboxylic acids is 1. The maximum atomic E-state index is 10.9. The van der Waals surface area contributed by atoms with Crippen LogP contribution in [-0.2, 0) is 17.8 Å². The number of carboxylic acids is 1. The third kappa shape index (κ3) is 4.98. The fourth-order valence-electron chi connectivity index (χ4n) is 3.77. The Kier molecular flexibility index (Phi) is 7.14. The third-order valence-corrected chi connectivity index (χ3v) is 6.52. The Morgan fingerprint density at radius 3 is 2.19 bits per heavy atom. The number of aliphatic hydroxyl groups is 1. The zero-order valence-corrected chi connectivity index (χ0v) is 18.3. The standard InChI is InChI=1S/C26H24O5S/c27-16-23-20(21-12-7-13-22(25(21)31-23)30-17-24(28)29)14-15-32-26(18-8-3-1-4-9-18)19-10-5-2-6-11-19/h1-13,26-27H,14-17H2,(H,28,29). The van der Waals surface area contributed by atoms with Crippen LogP contribution < -0.4 is 4.74 Å². The molecule has 1 heterocycles. The first kappa shape index (κ1) is 22.0. The lowest BCUT2D eigenvalue weighted by atomic mass is 10.0. The normalized spacial score (nSPS) is 11.2. The quantitative estimate of drug-likeness (QED) is 0.336. The SMILES string of the molecule is O=C(O)COc1cccc2c(CCSC(c3ccccc3)c3ccccc3)c(CO)oc12. The Labute approximate surface area is 190 Å². The van der Waals surface area contributed by atoms with Crippen molar-refractivity contribution in [3.63, 3.8) is 0 Å². The van der Waals surface area contributed by atoms with Crippen molar-refractivity contribution in [3.05, 3.63) is 101 Å². The molecule has 0 bridgehead atoms. The van der Waals surface area contributed by atoms with E-state index in [4.69, 9.17) is 14.3 Å². The highest BCUT2D eigenvalue weighted by atomic mass is 32.2. The summed E-state index contributed by atoms with van der Waals surface area (Å²) in [6.07, 6.45) is 0.701. The summed E-state index contributed by atoms with van der Waals surface area (Å²) in [4.78, 5) is 10.9. The molecule has 0 saturated carbocycles. The molecular weight excluding hydrogens is 424 g/mol. The van der Waals surface area contributed by atoms with Crippen molar-refractivity contribution in [1.29, 1.82) is 0 Å². The molecule has 2 N–H and O–H groups in total. The molecule has 0 spiro atoms. The maximum Gasteiger partial charge on any atom is 0.341 e. The Morgan fingerprint density at radius 1 is 0.938 bits per heavy atom. The molecule has 3 aromatic carbocycles. The van der Waals surface area contributed by atoms with Crippen molar-refractivity contribution in [3.8, 4) is 5.75 Å². The monoisotopic (exact) mass is 448 g/mol. The van der Waals surface area contributed by atoms with Crippen LogP contribution in [0, 0.1) is 0 Å². The second-order valence-electron chi connectivity index (χ2n) is 7.30. The molecule has 0 amide bonds. The van der Waals surface area contributed by atoms with Gasteiger partial charge in [0.1, 0.15) is 12.4 Å². The van der Waals surface area contributed by atoms with Crippen LogP contribution in [0.3, 0.4) is 0 Å². The van der Waals surface area contributed by atoms with Crippen molar-refractivity contribution in [2.75, 3.05) is 12.4 Å². The van der Waals surface area contributed by atoms with Crippen molar-refractivity contribution in [2.45, 2.75) is 18.3 Å². The van der Waals surface area contributed by atoms with Crippen LogP contribution >= 0.6 is 11.8 Å². The number of rotatable bonds is 10. The number of aryl methyl sites for hydroxylation is 1. The summed E-state index contributed by atoms with van der Waals surface area (Å²) in [5, 5.41) is 19.8. The molecule has 0 fully saturated rings. The fraction of sp³-hybridized carbons (Fsp3) is 0.192. The molecular formula is C26H24O5S. The predicted molar refractivity (Wildman–Crippen MR) is 126 cm³/mol. The minimum absolute atomic E-state index is 0.197. The van der Waals surface area contributed by atoms with E-state index in [0.29, 0.717) is 23.5 Å². The van der Waals surface area contributed by atoms with Crippen LogP contribution in [-0.4, -0.2) is 28.5 Å². The smallest absolute Gasteiger partial charge is 0.341 e. The highest BCUT2D eigenvalue weighted by molar-refractivity contribution is 7.99. The number of hydrogen-bond donors (Lipinski definition) is 2. The maximum absolute atomic E-state index is 10.9. The van der Waals surface area contributed by atoms with E-state index in [9.17, 15) is 9.90 Å². The second kappa shape index (κ2) is 10.4. The van der Waals surface area contributed by atoms with Crippen LogP contribution in [0.15, 0.2) is 83.3 Å². The minimum atomic E-state index is -1.06. The van der Waals surface area contributed by atoms with Gasteiger partial charge in [-0.3, -0.25) is 0 Å². The van der Waals surface area contributed by atoms with E-state index in [1.165, 1.54) is 11.1 Å². The molecule has 4 aromatic rings. The Balaban J connectivity index is 1.56. The predicted octanol–water partition coefficient (Wildman–Crippen LogP) is 5.45. The average molecular weight is 449 g/mol. The number of benzene rings is 3. The molecule has 6 heteroatoms. The van der Waals surface area contributed by atoms with E-state index < -0.39 is 12.6 Å². The molecule has 5 nitrogen and oxygen atoms in total. The Bertz CT molecular complexity index is 1130. The van der Waals surface area contributed by atoms with E-state index in [1.54, 1.807) is 6.07 Å². The molecule has 0 radical (unpaired) electrons. The van der Waals surface area contributed by atoms with Crippen LogP contribution in [0.2, 0.25) is 0 Å². The van der Waals surface area contributed by atoms with Crippen LogP contribution in [0.5, 0.6) is 5.75 Å². The largest absolute Gasteiger partial charge is 0.479 e. The van der Waals surface area contributed by atoms with Crippen molar-refractivity contribution in [2.24, 2.45) is 0 Å². The van der Waals surface area contributed by atoms with E-state index in [2.05, 4.69) is 48.5 Å². The summed E-state index contributed by atoms with van der Waals surface area (Å²) in [6, 6.07) is 26.2. The van der Waals surface area contributed by atoms with Gasteiger partial charge in [-0.1, -0.05) is 72.8 Å². The molecule has 1 aromatic heterocycles. The van der Waals surface area contributed by atoms with Gasteiger partial charge in [0, 0.05) is 10.9 Å². The molecule has 0 aliphatic rings. The topological polar surface area (TPSA) is 79.9 Å². The number of fused-ring (bicyclic) bond motifs is 1. The van der Waals surface area contributed by atoms with E-state index in [0.717, 1.165) is 16.7 Å². The molecule has 32 heavy (non-hydrogen) atoms. The number of furan rings is 1. The summed E-state index contributed by atoms with van der Waals surface area (Å²) in [5.74, 6) is 0.615. The molecule has 0 atom stereocenters. The third-order valence-electron chi connectivity index (χ3n) is 5.20. The lowest BCUT2D eigenvalue weighted by molar-refractivity contribution is -0.139. The summed E-state index contributed by atoms with van der Waals surface area (Å²) < 4.78 is 11.2. The fourth-order valence-corrected chi connectivity index (χ4v) is 5.02. The summed E-state index contributed by atoms with van der Waals surface area (Å²) in [7, 11) is 0. The van der Waals surface area contributed by atoms with Gasteiger partial charge < -0.3 is 19.4 Å². The van der Waals surface area contributed by atoms with Gasteiger partial charge in [0.05, 0.1) is 5.25 Å². The highest BCUT2D eigenvalue weighted by Gasteiger charge is 2.19. The van der Waals surface area contributed by atoms with Gasteiger partial charge in [-0.05, 0) is 29.4 Å². The van der Waals surface area contributed by atoms with Gasteiger partial charge in [0.15, 0.2) is 17.9 Å². The lowest BCUT2D eigenvalue weighted by Crippen LogP contribution is -2.09. The number of hydrogen-bond acceptors (Lipinski definition) is 5. The molecule has 0 aliphatic heterocycles. The molecule has 0 unspecified atom stereocenters. The first-order valence-corrected chi connectivity index (χ1v) is 11.4. The Hall–Kier alpha value is -3.22. The number of thioether (sulfide) groups is 1. The van der Waals surface area contributed by atoms with Crippen molar-refractivity contribution < 1.29 is 24.2 Å². The van der Waals surface area contributed by atoms with Crippen molar-refractivity contribution in [1.82, 2.24) is 0 Å². The highest BCUT2D eigenvalue weighted by Crippen LogP contribution is 2.38. The number of carboxylic acid groups (broad SMARTS) is 1. The zero-order valence-electron chi connectivity index (χ0n) is 17.4. The number of para-hydroxylation sites is 1. The van der Waals surface area contributed by atoms with Gasteiger partial charge in [-0.2, -0.15) is 0 Å². The first-order valence-electron chi connectivity index (χ1n) is 10.4. The lowest BCUT2D eigenvalue weighted by Gasteiger charge is -2.18. The van der Waals surface area contributed by atoms with E-state index in [-0.39, 0.29) is 11.9 Å². The Morgan fingerprint density at radius 2 is 1.59 bits per heavy atom. The number of ether oxygens (including phenoxy) is 1. The van der Waals surface area contributed by atoms with E-state index >= 15 is 0 Å².